The molecule has 0 aromatic carbocycles. The molecule has 0 aliphatic carbocycles. The Bertz CT molecular complexity index is 122. The van der Waals surface area contributed by atoms with Crippen molar-refractivity contribution in [1.29, 1.82) is 0 Å². The molecule has 0 amide bonds. The molecule has 0 aliphatic rings. The third kappa shape index (κ3) is 9.89. The number of halogens is 3. The van der Waals surface area contributed by atoms with Crippen molar-refractivity contribution in [2.24, 2.45) is 0 Å². The first-order valence-electron chi connectivity index (χ1n) is 3.33. The van der Waals surface area contributed by atoms with Gasteiger partial charge >= 0.3 is 58.4 Å². The van der Waals surface area contributed by atoms with Crippen LogP contribution in [0.3, 0.4) is 0 Å². The monoisotopic (exact) mass is 226 g/mol. The van der Waals surface area contributed by atoms with E-state index in [4.69, 9.17) is 5.11 Å². The molecule has 1 nitrogen and oxygen atoms in total. The minimum absolute atomic E-state index is 0. The van der Waals surface area contributed by atoms with Crippen LogP contribution in [0.25, 0.3) is 0 Å². The molecule has 0 heterocycles. The van der Waals surface area contributed by atoms with Gasteiger partial charge in [0.15, 0.2) is 0 Å². The summed E-state index contributed by atoms with van der Waals surface area (Å²) in [6.07, 6.45) is -0.682. The van der Waals surface area contributed by atoms with Gasteiger partial charge in [0.1, 0.15) is 0 Å². The first kappa shape index (κ1) is 16.2. The molecule has 0 aliphatic heterocycles. The van der Waals surface area contributed by atoms with Crippen LogP contribution >= 0.6 is 11.8 Å². The van der Waals surface area contributed by atoms with E-state index in [9.17, 15) is 12.9 Å². The predicted molar refractivity (Wildman–Crippen MR) is 42.7 cm³/mol. The number of aliphatic hydroxyl groups excluding tert-OH is 1. The molecule has 0 fully saturated rings. The summed E-state index contributed by atoms with van der Waals surface area (Å²) in [5, 5.41) is 8.49. The summed E-state index contributed by atoms with van der Waals surface area (Å²) in [5.74, 6) is 0. The second-order valence-corrected chi connectivity index (χ2v) is 3.90. The summed E-state index contributed by atoms with van der Waals surface area (Å²) in [4.78, 5) is 0. The predicted octanol–water partition coefficient (Wildman–Crippen LogP) is -1.12. The molecular formula is C5H11BF3KOS. The minimum Gasteiger partial charge on any atom is -0.448 e. The van der Waals surface area contributed by atoms with E-state index in [1.807, 2.05) is 0 Å². The standard InChI is InChI=1S/C5H11BF3OS.K/c1-4(10)5(2)11-3-6(7,8)9;/h4-5,10H,3H2,1-2H3;/q-1;+1. The Labute approximate surface area is 117 Å². The largest absolute Gasteiger partial charge is 1.00 e. The molecule has 1 N–H and O–H groups in total. The maximum absolute atomic E-state index is 11.6. The first-order chi connectivity index (χ1) is 4.83. The first-order valence-corrected chi connectivity index (χ1v) is 4.38. The van der Waals surface area contributed by atoms with E-state index in [0.717, 1.165) is 11.8 Å². The van der Waals surface area contributed by atoms with Crippen LogP contribution in [0.15, 0.2) is 0 Å². The van der Waals surface area contributed by atoms with Crippen molar-refractivity contribution in [2.45, 2.75) is 25.2 Å². The van der Waals surface area contributed by atoms with Gasteiger partial charge in [-0.3, -0.25) is 0 Å². The summed E-state index contributed by atoms with van der Waals surface area (Å²) in [6, 6.07) is 0. The van der Waals surface area contributed by atoms with Crippen molar-refractivity contribution >= 4 is 18.7 Å². The van der Waals surface area contributed by atoms with E-state index in [1.165, 1.54) is 6.92 Å². The molecule has 0 aromatic rings. The van der Waals surface area contributed by atoms with E-state index >= 15 is 0 Å². The normalized spacial score (nSPS) is 16.5. The quantitative estimate of drug-likeness (QED) is 0.613. The van der Waals surface area contributed by atoms with Crippen LogP contribution in [-0.4, -0.2) is 29.1 Å². The third-order valence-electron chi connectivity index (χ3n) is 1.23. The molecule has 0 radical (unpaired) electrons. The Morgan fingerprint density at radius 2 is 1.75 bits per heavy atom. The summed E-state index contributed by atoms with van der Waals surface area (Å²) in [7, 11) is 0. The Hall–Kier alpha value is 1.80. The summed E-state index contributed by atoms with van der Waals surface area (Å²) in [5.41, 5.74) is -0.827. The Kier molecular flexibility index (Phi) is 9.66. The number of hydrogen-bond acceptors (Lipinski definition) is 2. The molecule has 0 rings (SSSR count). The fourth-order valence-electron chi connectivity index (χ4n) is 0.400. The molecule has 0 spiro atoms. The van der Waals surface area contributed by atoms with Crippen LogP contribution in [0, 0.1) is 0 Å². The molecule has 2 unspecified atom stereocenters. The van der Waals surface area contributed by atoms with Gasteiger partial charge in [-0.15, -0.1) is 0 Å². The second kappa shape index (κ2) is 7.14. The van der Waals surface area contributed by atoms with E-state index in [0.29, 0.717) is 0 Å². The van der Waals surface area contributed by atoms with Gasteiger partial charge in [0, 0.05) is 5.25 Å². The molecular weight excluding hydrogens is 215 g/mol. The zero-order valence-corrected chi connectivity index (χ0v) is 11.4. The SMILES string of the molecule is CC(O)C(C)SC[B-](F)(F)F.[K+]. The Morgan fingerprint density at radius 3 is 2.00 bits per heavy atom. The Morgan fingerprint density at radius 1 is 1.33 bits per heavy atom. The van der Waals surface area contributed by atoms with Crippen LogP contribution in [0.2, 0.25) is 0 Å². The fourth-order valence-corrected chi connectivity index (χ4v) is 1.20. The van der Waals surface area contributed by atoms with E-state index in [1.54, 1.807) is 6.92 Å². The number of rotatable bonds is 4. The number of thioether (sulfide) groups is 1. The number of aliphatic hydroxyl groups is 1. The van der Waals surface area contributed by atoms with Gasteiger partial charge in [-0.25, -0.2) is 0 Å². The minimum atomic E-state index is -4.71. The van der Waals surface area contributed by atoms with E-state index in [-0.39, 0.29) is 56.6 Å². The van der Waals surface area contributed by atoms with E-state index < -0.39 is 18.7 Å². The maximum Gasteiger partial charge on any atom is 1.00 e. The van der Waals surface area contributed by atoms with Gasteiger partial charge in [0.25, 0.3) is 0 Å². The molecule has 0 saturated heterocycles. The van der Waals surface area contributed by atoms with Gasteiger partial charge in [0.2, 0.25) is 0 Å². The van der Waals surface area contributed by atoms with Gasteiger partial charge in [0.05, 0.1) is 6.10 Å². The van der Waals surface area contributed by atoms with Gasteiger partial charge in [-0.2, -0.15) is 11.8 Å². The molecule has 7 heteroatoms. The van der Waals surface area contributed by atoms with Crippen molar-refractivity contribution in [3.63, 3.8) is 0 Å². The smallest absolute Gasteiger partial charge is 0.448 e. The van der Waals surface area contributed by atoms with Crippen molar-refractivity contribution in [1.82, 2.24) is 0 Å². The second-order valence-electron chi connectivity index (χ2n) is 2.49. The van der Waals surface area contributed by atoms with Crippen molar-refractivity contribution in [2.75, 3.05) is 5.65 Å². The fraction of sp³-hybridized carbons (Fsp3) is 1.00. The molecule has 0 saturated carbocycles. The van der Waals surface area contributed by atoms with Crippen LogP contribution in [0.1, 0.15) is 13.8 Å². The molecule has 12 heavy (non-hydrogen) atoms. The topological polar surface area (TPSA) is 20.2 Å². The van der Waals surface area contributed by atoms with Crippen LogP contribution in [0.5, 0.6) is 0 Å². The molecule has 68 valence electrons. The summed E-state index contributed by atoms with van der Waals surface area (Å²) < 4.78 is 34.9. The molecule has 2 atom stereocenters. The van der Waals surface area contributed by atoms with Crippen LogP contribution in [0.4, 0.5) is 12.9 Å². The molecule has 0 bridgehead atoms. The van der Waals surface area contributed by atoms with Gasteiger partial charge in [-0.1, -0.05) is 6.92 Å². The van der Waals surface area contributed by atoms with E-state index in [2.05, 4.69) is 0 Å². The number of hydrogen-bond donors (Lipinski definition) is 1. The summed E-state index contributed by atoms with van der Waals surface area (Å²) in [6.45, 7) is -1.64. The zero-order valence-electron chi connectivity index (χ0n) is 7.43. The Balaban J connectivity index is 0. The van der Waals surface area contributed by atoms with Crippen LogP contribution < -0.4 is 51.4 Å². The van der Waals surface area contributed by atoms with Crippen molar-refractivity contribution in [3.8, 4) is 0 Å². The summed E-state index contributed by atoms with van der Waals surface area (Å²) >= 11 is 0.744. The van der Waals surface area contributed by atoms with Crippen LogP contribution in [-0.2, 0) is 0 Å². The van der Waals surface area contributed by atoms with Gasteiger partial charge < -0.3 is 18.1 Å². The van der Waals surface area contributed by atoms with Gasteiger partial charge in [-0.05, 0) is 12.6 Å². The molecule has 0 aromatic heterocycles. The average Bonchev–Trinajstić information content (AvgIpc) is 1.80. The average molecular weight is 226 g/mol. The van der Waals surface area contributed by atoms with Crippen molar-refractivity contribution < 1.29 is 69.4 Å². The third-order valence-corrected chi connectivity index (χ3v) is 2.72. The zero-order chi connectivity index (χ0) is 9.07. The van der Waals surface area contributed by atoms with Crippen molar-refractivity contribution in [3.05, 3.63) is 0 Å². The maximum atomic E-state index is 11.6.